The Hall–Kier alpha value is -0.590. The zero-order valence-electron chi connectivity index (χ0n) is 8.21. The van der Waals surface area contributed by atoms with Crippen molar-refractivity contribution in [3.05, 3.63) is 11.6 Å². The van der Waals surface area contributed by atoms with Crippen LogP contribution in [0, 0.1) is 17.8 Å². The van der Waals surface area contributed by atoms with Gasteiger partial charge in [-0.25, -0.2) is 0 Å². The summed E-state index contributed by atoms with van der Waals surface area (Å²) in [5.74, 6) is 1.40. The maximum Gasteiger partial charge on any atom is 0.127 e. The summed E-state index contributed by atoms with van der Waals surface area (Å²) < 4.78 is 0. The molecule has 1 aliphatic carbocycles. The van der Waals surface area contributed by atoms with Crippen molar-refractivity contribution in [2.24, 2.45) is 17.8 Å². The van der Waals surface area contributed by atoms with E-state index in [0.29, 0.717) is 11.8 Å². The standard InChI is InChI=1S/C11H18O/c1-8(2)10-6-4-5-9(3)11(10)7-12/h5,7-8,10-11H,4,6H2,1-3H3. The number of hydrogen-bond donors (Lipinski definition) is 0. The van der Waals surface area contributed by atoms with E-state index in [9.17, 15) is 4.79 Å². The second-order valence-corrected chi connectivity index (χ2v) is 4.10. The molecule has 0 bridgehead atoms. The Bertz CT molecular complexity index is 191. The van der Waals surface area contributed by atoms with Gasteiger partial charge >= 0.3 is 0 Å². The molecule has 0 radical (unpaired) electrons. The van der Waals surface area contributed by atoms with Crippen LogP contribution in [0.1, 0.15) is 33.6 Å². The van der Waals surface area contributed by atoms with Crippen LogP contribution in [0.5, 0.6) is 0 Å². The summed E-state index contributed by atoms with van der Waals surface area (Å²) in [5, 5.41) is 0. The van der Waals surface area contributed by atoms with Crippen LogP contribution in [0.15, 0.2) is 11.6 Å². The maximum absolute atomic E-state index is 10.8. The molecule has 0 spiro atoms. The lowest BCUT2D eigenvalue weighted by atomic mass is 9.74. The van der Waals surface area contributed by atoms with Gasteiger partial charge in [-0.1, -0.05) is 25.5 Å². The lowest BCUT2D eigenvalue weighted by Gasteiger charge is -2.30. The van der Waals surface area contributed by atoms with E-state index in [0.717, 1.165) is 12.7 Å². The molecule has 1 nitrogen and oxygen atoms in total. The fraction of sp³-hybridized carbons (Fsp3) is 0.727. The lowest BCUT2D eigenvalue weighted by molar-refractivity contribution is -0.112. The summed E-state index contributed by atoms with van der Waals surface area (Å²) in [6, 6.07) is 0. The van der Waals surface area contributed by atoms with Gasteiger partial charge in [-0.3, -0.25) is 0 Å². The van der Waals surface area contributed by atoms with Gasteiger partial charge in [0.25, 0.3) is 0 Å². The quantitative estimate of drug-likeness (QED) is 0.455. The molecule has 0 heterocycles. The SMILES string of the molecule is CC1=CCCC(C(C)C)C1C=O. The average molecular weight is 166 g/mol. The fourth-order valence-electron chi connectivity index (χ4n) is 2.11. The number of hydrogen-bond acceptors (Lipinski definition) is 1. The molecule has 1 aliphatic rings. The van der Waals surface area contributed by atoms with Crippen molar-refractivity contribution in [3.63, 3.8) is 0 Å². The number of carbonyl (C=O) groups excluding carboxylic acids is 1. The summed E-state index contributed by atoms with van der Waals surface area (Å²) in [6.45, 7) is 6.49. The van der Waals surface area contributed by atoms with Crippen molar-refractivity contribution in [1.82, 2.24) is 0 Å². The molecule has 1 heteroatoms. The molecule has 0 aliphatic heterocycles. The second-order valence-electron chi connectivity index (χ2n) is 4.10. The molecule has 12 heavy (non-hydrogen) atoms. The first-order valence-electron chi connectivity index (χ1n) is 4.78. The van der Waals surface area contributed by atoms with Crippen molar-refractivity contribution in [2.75, 3.05) is 0 Å². The molecule has 0 aromatic rings. The highest BCUT2D eigenvalue weighted by Gasteiger charge is 2.27. The van der Waals surface area contributed by atoms with Crippen molar-refractivity contribution < 1.29 is 4.79 Å². The summed E-state index contributed by atoms with van der Waals surface area (Å²) in [6.07, 6.45) is 5.66. The Labute approximate surface area is 74.9 Å². The van der Waals surface area contributed by atoms with Crippen LogP contribution in [0.25, 0.3) is 0 Å². The van der Waals surface area contributed by atoms with Crippen LogP contribution in [-0.2, 0) is 4.79 Å². The van der Waals surface area contributed by atoms with Gasteiger partial charge in [-0.2, -0.15) is 0 Å². The van der Waals surface area contributed by atoms with E-state index >= 15 is 0 Å². The van der Waals surface area contributed by atoms with Crippen LogP contribution in [0.2, 0.25) is 0 Å². The Morgan fingerprint density at radius 1 is 1.58 bits per heavy atom. The number of rotatable bonds is 2. The minimum absolute atomic E-state index is 0.193. The van der Waals surface area contributed by atoms with Gasteiger partial charge in [0.2, 0.25) is 0 Å². The third-order valence-corrected chi connectivity index (χ3v) is 2.96. The van der Waals surface area contributed by atoms with E-state index in [4.69, 9.17) is 0 Å². The molecule has 0 amide bonds. The highest BCUT2D eigenvalue weighted by atomic mass is 16.1. The minimum atomic E-state index is 0.193. The van der Waals surface area contributed by atoms with Crippen molar-refractivity contribution >= 4 is 6.29 Å². The molecule has 0 saturated heterocycles. The van der Waals surface area contributed by atoms with Crippen molar-refractivity contribution in [3.8, 4) is 0 Å². The highest BCUT2D eigenvalue weighted by Crippen LogP contribution is 2.33. The van der Waals surface area contributed by atoms with Gasteiger partial charge in [-0.15, -0.1) is 0 Å². The molecule has 0 aromatic carbocycles. The molecule has 1 rings (SSSR count). The first-order valence-corrected chi connectivity index (χ1v) is 4.78. The van der Waals surface area contributed by atoms with Gasteiger partial charge in [0.1, 0.15) is 6.29 Å². The molecule has 0 aromatic heterocycles. The highest BCUT2D eigenvalue weighted by molar-refractivity contribution is 5.59. The van der Waals surface area contributed by atoms with Gasteiger partial charge < -0.3 is 4.79 Å². The van der Waals surface area contributed by atoms with E-state index in [-0.39, 0.29) is 5.92 Å². The van der Waals surface area contributed by atoms with E-state index in [1.54, 1.807) is 0 Å². The van der Waals surface area contributed by atoms with Crippen LogP contribution in [0.3, 0.4) is 0 Å². The van der Waals surface area contributed by atoms with Gasteiger partial charge in [0.15, 0.2) is 0 Å². The molecular weight excluding hydrogens is 148 g/mol. The summed E-state index contributed by atoms with van der Waals surface area (Å²) >= 11 is 0. The second kappa shape index (κ2) is 3.88. The maximum atomic E-state index is 10.8. The molecule has 0 saturated carbocycles. The fourth-order valence-corrected chi connectivity index (χ4v) is 2.11. The predicted molar refractivity (Wildman–Crippen MR) is 50.9 cm³/mol. The van der Waals surface area contributed by atoms with Gasteiger partial charge in [0.05, 0.1) is 0 Å². The zero-order valence-corrected chi connectivity index (χ0v) is 8.21. The van der Waals surface area contributed by atoms with E-state index in [1.165, 1.54) is 12.0 Å². The molecule has 0 fully saturated rings. The van der Waals surface area contributed by atoms with E-state index in [1.807, 2.05) is 0 Å². The number of aldehydes is 1. The summed E-state index contributed by atoms with van der Waals surface area (Å²) in [7, 11) is 0. The first-order chi connectivity index (χ1) is 5.66. The number of allylic oxidation sites excluding steroid dienone is 2. The number of carbonyl (C=O) groups is 1. The molecule has 2 unspecified atom stereocenters. The van der Waals surface area contributed by atoms with Crippen LogP contribution >= 0.6 is 0 Å². The van der Waals surface area contributed by atoms with Crippen LogP contribution < -0.4 is 0 Å². The largest absolute Gasteiger partial charge is 0.303 e. The van der Waals surface area contributed by atoms with Crippen molar-refractivity contribution in [1.29, 1.82) is 0 Å². The Morgan fingerprint density at radius 2 is 2.25 bits per heavy atom. The monoisotopic (exact) mass is 166 g/mol. The Morgan fingerprint density at radius 3 is 2.67 bits per heavy atom. The first kappa shape index (κ1) is 9.50. The Kier molecular flexibility index (Phi) is 3.07. The molecule has 2 atom stereocenters. The molecule has 0 N–H and O–H groups in total. The topological polar surface area (TPSA) is 17.1 Å². The predicted octanol–water partition coefficient (Wildman–Crippen LogP) is 2.81. The molecule has 68 valence electrons. The third-order valence-electron chi connectivity index (χ3n) is 2.96. The normalized spacial score (nSPS) is 30.2. The van der Waals surface area contributed by atoms with E-state index < -0.39 is 0 Å². The smallest absolute Gasteiger partial charge is 0.127 e. The van der Waals surface area contributed by atoms with Crippen molar-refractivity contribution in [2.45, 2.75) is 33.6 Å². The van der Waals surface area contributed by atoms with Crippen LogP contribution in [0.4, 0.5) is 0 Å². The van der Waals surface area contributed by atoms with Crippen LogP contribution in [-0.4, -0.2) is 6.29 Å². The molecular formula is C11H18O. The summed E-state index contributed by atoms with van der Waals surface area (Å²) in [4.78, 5) is 10.8. The Balaban J connectivity index is 2.76. The minimum Gasteiger partial charge on any atom is -0.303 e. The van der Waals surface area contributed by atoms with Gasteiger partial charge in [0, 0.05) is 5.92 Å². The summed E-state index contributed by atoms with van der Waals surface area (Å²) in [5.41, 5.74) is 1.27. The lowest BCUT2D eigenvalue weighted by Crippen LogP contribution is -2.25. The third kappa shape index (κ3) is 1.77. The van der Waals surface area contributed by atoms with E-state index in [2.05, 4.69) is 26.8 Å². The van der Waals surface area contributed by atoms with Gasteiger partial charge in [-0.05, 0) is 31.6 Å². The average Bonchev–Trinajstić information content (AvgIpc) is 2.03. The zero-order chi connectivity index (χ0) is 9.14.